The van der Waals surface area contributed by atoms with Crippen molar-refractivity contribution in [3.8, 4) is 11.5 Å². The first kappa shape index (κ1) is 14.0. The van der Waals surface area contributed by atoms with Gasteiger partial charge in [-0.05, 0) is 31.2 Å². The van der Waals surface area contributed by atoms with Crippen molar-refractivity contribution >= 4 is 28.6 Å². The molecular formula is C14H16ClNO2S. The lowest BCUT2D eigenvalue weighted by atomic mass is 10.2. The summed E-state index contributed by atoms with van der Waals surface area (Å²) in [6.07, 6.45) is 0. The molecule has 1 aromatic carbocycles. The summed E-state index contributed by atoms with van der Waals surface area (Å²) in [5, 5.41) is 3.33. The van der Waals surface area contributed by atoms with Crippen LogP contribution >= 0.6 is 22.9 Å². The van der Waals surface area contributed by atoms with Crippen LogP contribution in [-0.4, -0.2) is 13.7 Å². The number of hydrogen-bond donors (Lipinski definition) is 1. The summed E-state index contributed by atoms with van der Waals surface area (Å²) in [5.74, 6) is 1.49. The Labute approximate surface area is 122 Å². The average molecular weight is 298 g/mol. The molecule has 1 heterocycles. The van der Waals surface area contributed by atoms with Crippen LogP contribution in [0.5, 0.6) is 11.5 Å². The van der Waals surface area contributed by atoms with E-state index < -0.39 is 0 Å². The summed E-state index contributed by atoms with van der Waals surface area (Å²) in [6.45, 7) is 3.32. The van der Waals surface area contributed by atoms with Crippen LogP contribution < -0.4 is 14.8 Å². The fourth-order valence-electron chi connectivity index (χ4n) is 1.69. The van der Waals surface area contributed by atoms with Gasteiger partial charge >= 0.3 is 0 Å². The molecule has 0 aliphatic carbocycles. The second kappa shape index (κ2) is 6.68. The van der Waals surface area contributed by atoms with E-state index in [-0.39, 0.29) is 0 Å². The first-order valence-electron chi connectivity index (χ1n) is 6.02. The van der Waals surface area contributed by atoms with Crippen molar-refractivity contribution in [1.29, 1.82) is 0 Å². The van der Waals surface area contributed by atoms with Crippen LogP contribution in [0.4, 0.5) is 5.69 Å². The summed E-state index contributed by atoms with van der Waals surface area (Å²) in [7, 11) is 1.64. The van der Waals surface area contributed by atoms with Gasteiger partial charge in [0.25, 0.3) is 0 Å². The molecule has 3 nitrogen and oxygen atoms in total. The Balaban J connectivity index is 2.04. The molecule has 0 amide bonds. The highest BCUT2D eigenvalue weighted by Gasteiger charge is 2.05. The van der Waals surface area contributed by atoms with Crippen LogP contribution in [0.2, 0.25) is 4.34 Å². The predicted octanol–water partition coefficient (Wildman–Crippen LogP) is 4.42. The van der Waals surface area contributed by atoms with E-state index in [9.17, 15) is 0 Å². The minimum Gasteiger partial charge on any atom is -0.493 e. The van der Waals surface area contributed by atoms with E-state index in [0.717, 1.165) is 28.1 Å². The Morgan fingerprint density at radius 2 is 2.05 bits per heavy atom. The third kappa shape index (κ3) is 3.78. The monoisotopic (exact) mass is 297 g/mol. The summed E-state index contributed by atoms with van der Waals surface area (Å²) in [4.78, 5) is 1.19. The van der Waals surface area contributed by atoms with Crippen molar-refractivity contribution in [3.05, 3.63) is 39.5 Å². The molecule has 0 saturated heterocycles. The average Bonchev–Trinajstić information content (AvgIpc) is 2.83. The number of anilines is 1. The van der Waals surface area contributed by atoms with Crippen molar-refractivity contribution in [1.82, 2.24) is 0 Å². The van der Waals surface area contributed by atoms with Gasteiger partial charge < -0.3 is 14.8 Å². The number of thiophene rings is 1. The van der Waals surface area contributed by atoms with E-state index in [2.05, 4.69) is 5.32 Å². The number of rotatable bonds is 6. The largest absolute Gasteiger partial charge is 0.493 e. The van der Waals surface area contributed by atoms with E-state index in [0.29, 0.717) is 6.61 Å². The highest BCUT2D eigenvalue weighted by Crippen LogP contribution is 2.30. The zero-order valence-electron chi connectivity index (χ0n) is 10.9. The molecule has 5 heteroatoms. The Hall–Kier alpha value is -1.39. The minimum atomic E-state index is 0.622. The lowest BCUT2D eigenvalue weighted by molar-refractivity contribution is 0.311. The Morgan fingerprint density at radius 1 is 1.21 bits per heavy atom. The quantitative estimate of drug-likeness (QED) is 0.856. The van der Waals surface area contributed by atoms with E-state index in [1.165, 1.54) is 4.88 Å². The smallest absolute Gasteiger partial charge is 0.162 e. The van der Waals surface area contributed by atoms with Crippen LogP contribution in [0.15, 0.2) is 30.3 Å². The topological polar surface area (TPSA) is 30.5 Å². The van der Waals surface area contributed by atoms with Crippen molar-refractivity contribution in [2.45, 2.75) is 13.5 Å². The van der Waals surface area contributed by atoms with Crippen molar-refractivity contribution in [3.63, 3.8) is 0 Å². The molecule has 2 aromatic rings. The first-order chi connectivity index (χ1) is 9.22. The van der Waals surface area contributed by atoms with Gasteiger partial charge in [-0.1, -0.05) is 11.6 Å². The lowest BCUT2D eigenvalue weighted by Crippen LogP contribution is -1.99. The van der Waals surface area contributed by atoms with Gasteiger partial charge in [0, 0.05) is 23.2 Å². The van der Waals surface area contributed by atoms with Crippen molar-refractivity contribution in [2.24, 2.45) is 0 Å². The van der Waals surface area contributed by atoms with E-state index in [1.807, 2.05) is 37.3 Å². The highest BCUT2D eigenvalue weighted by molar-refractivity contribution is 7.16. The van der Waals surface area contributed by atoms with Gasteiger partial charge in [-0.25, -0.2) is 0 Å². The number of nitrogens with one attached hydrogen (secondary N) is 1. The lowest BCUT2D eigenvalue weighted by Gasteiger charge is -2.11. The zero-order valence-corrected chi connectivity index (χ0v) is 12.5. The molecule has 0 fully saturated rings. The number of hydrogen-bond acceptors (Lipinski definition) is 4. The number of benzene rings is 1. The molecule has 0 unspecified atom stereocenters. The van der Waals surface area contributed by atoms with Crippen LogP contribution in [0.1, 0.15) is 11.8 Å². The van der Waals surface area contributed by atoms with Crippen LogP contribution in [0.3, 0.4) is 0 Å². The van der Waals surface area contributed by atoms with Gasteiger partial charge in [-0.3, -0.25) is 0 Å². The second-order valence-corrected chi connectivity index (χ2v) is 5.66. The molecule has 0 aliphatic rings. The maximum Gasteiger partial charge on any atom is 0.162 e. The third-order valence-corrected chi connectivity index (χ3v) is 3.79. The Bertz CT molecular complexity index is 542. The van der Waals surface area contributed by atoms with Gasteiger partial charge in [0.2, 0.25) is 0 Å². The van der Waals surface area contributed by atoms with E-state index in [1.54, 1.807) is 18.4 Å². The fourth-order valence-corrected chi connectivity index (χ4v) is 2.72. The molecule has 1 aromatic heterocycles. The maximum atomic E-state index is 5.90. The van der Waals surface area contributed by atoms with Crippen molar-refractivity contribution in [2.75, 3.05) is 19.0 Å². The summed E-state index contributed by atoms with van der Waals surface area (Å²) >= 11 is 7.47. The summed E-state index contributed by atoms with van der Waals surface area (Å²) in [5.41, 5.74) is 0.991. The molecule has 0 atom stereocenters. The normalized spacial score (nSPS) is 10.3. The van der Waals surface area contributed by atoms with E-state index >= 15 is 0 Å². The third-order valence-electron chi connectivity index (χ3n) is 2.56. The molecule has 2 rings (SSSR count). The van der Waals surface area contributed by atoms with Crippen LogP contribution in [-0.2, 0) is 6.54 Å². The summed E-state index contributed by atoms with van der Waals surface area (Å²) < 4.78 is 11.6. The minimum absolute atomic E-state index is 0.622. The molecule has 0 bridgehead atoms. The number of ether oxygens (including phenoxy) is 2. The molecule has 0 spiro atoms. The molecule has 0 radical (unpaired) electrons. The van der Waals surface area contributed by atoms with Gasteiger partial charge in [0.05, 0.1) is 18.1 Å². The Kier molecular flexibility index (Phi) is 4.93. The highest BCUT2D eigenvalue weighted by atomic mass is 35.5. The van der Waals surface area contributed by atoms with Crippen LogP contribution in [0, 0.1) is 0 Å². The van der Waals surface area contributed by atoms with Gasteiger partial charge in [-0.15, -0.1) is 11.3 Å². The summed E-state index contributed by atoms with van der Waals surface area (Å²) in [6, 6.07) is 9.74. The fraction of sp³-hybridized carbons (Fsp3) is 0.286. The number of methoxy groups -OCH3 is 1. The van der Waals surface area contributed by atoms with Gasteiger partial charge in [0.1, 0.15) is 0 Å². The molecule has 102 valence electrons. The standard InChI is InChI=1S/C14H16ClNO2S/c1-3-18-12-6-4-10(8-13(12)17-2)16-9-11-5-7-14(15)19-11/h4-8,16H,3,9H2,1-2H3. The van der Waals surface area contributed by atoms with Gasteiger partial charge in [-0.2, -0.15) is 0 Å². The van der Waals surface area contributed by atoms with Crippen LogP contribution in [0.25, 0.3) is 0 Å². The Morgan fingerprint density at radius 3 is 2.68 bits per heavy atom. The molecule has 0 aliphatic heterocycles. The van der Waals surface area contributed by atoms with E-state index in [4.69, 9.17) is 21.1 Å². The maximum absolute atomic E-state index is 5.90. The molecule has 19 heavy (non-hydrogen) atoms. The zero-order chi connectivity index (χ0) is 13.7. The second-order valence-electron chi connectivity index (χ2n) is 3.86. The molecular weight excluding hydrogens is 282 g/mol. The predicted molar refractivity (Wildman–Crippen MR) is 80.8 cm³/mol. The molecule has 1 N–H and O–H groups in total. The van der Waals surface area contributed by atoms with Crippen molar-refractivity contribution < 1.29 is 9.47 Å². The SMILES string of the molecule is CCOc1ccc(NCc2ccc(Cl)s2)cc1OC. The first-order valence-corrected chi connectivity index (χ1v) is 7.21. The van der Waals surface area contributed by atoms with Gasteiger partial charge in [0.15, 0.2) is 11.5 Å². The molecule has 0 saturated carbocycles. The number of halogens is 1.